The van der Waals surface area contributed by atoms with Gasteiger partial charge in [0.15, 0.2) is 5.25 Å². The molecule has 0 saturated heterocycles. The van der Waals surface area contributed by atoms with E-state index in [1.54, 1.807) is 13.0 Å². The minimum Gasteiger partial charge on any atom is -0.211 e. The minimum atomic E-state index is -3.42. The second kappa shape index (κ2) is 5.32. The van der Waals surface area contributed by atoms with Crippen LogP contribution in [0.2, 0.25) is 0 Å². The Balaban J connectivity index is 4.78. The third-order valence-corrected chi connectivity index (χ3v) is 4.04. The zero-order valence-electron chi connectivity index (χ0n) is 9.19. The van der Waals surface area contributed by atoms with Crippen molar-refractivity contribution in [1.82, 2.24) is 4.31 Å². The monoisotopic (exact) mass is 218 g/mol. The zero-order valence-corrected chi connectivity index (χ0v) is 10.0. The summed E-state index contributed by atoms with van der Waals surface area (Å²) in [5.41, 5.74) is 0. The molecule has 0 bridgehead atoms. The van der Waals surface area contributed by atoms with E-state index in [2.05, 4.69) is 0 Å². The lowest BCUT2D eigenvalue weighted by molar-refractivity contribution is 0.379. The molecule has 5 heteroatoms. The molecule has 0 aromatic carbocycles. The quantitative estimate of drug-likeness (QED) is 0.696. The average molecular weight is 218 g/mol. The molecule has 0 aliphatic rings. The van der Waals surface area contributed by atoms with Gasteiger partial charge in [0.25, 0.3) is 0 Å². The van der Waals surface area contributed by atoms with Gasteiger partial charge in [0, 0.05) is 13.1 Å². The summed E-state index contributed by atoms with van der Waals surface area (Å²) < 4.78 is 24.8. The molecule has 0 spiro atoms. The molecule has 14 heavy (non-hydrogen) atoms. The van der Waals surface area contributed by atoms with Crippen LogP contribution in [0.5, 0.6) is 0 Å². The lowest BCUT2D eigenvalue weighted by Crippen LogP contribution is -2.39. The fourth-order valence-corrected chi connectivity index (χ4v) is 2.56. The lowest BCUT2D eigenvalue weighted by atomic mass is 10.2. The van der Waals surface area contributed by atoms with Gasteiger partial charge in [-0.05, 0) is 12.8 Å². The van der Waals surface area contributed by atoms with E-state index in [9.17, 15) is 8.42 Å². The molecule has 0 aliphatic carbocycles. The second-order valence-corrected chi connectivity index (χ2v) is 5.91. The Morgan fingerprint density at radius 2 is 1.86 bits per heavy atom. The maximum Gasteiger partial charge on any atom is 0.230 e. The predicted octanol–water partition coefficient (Wildman–Crippen LogP) is 1.21. The number of hydrogen-bond donors (Lipinski definition) is 0. The van der Waals surface area contributed by atoms with Gasteiger partial charge in [-0.2, -0.15) is 5.26 Å². The van der Waals surface area contributed by atoms with Crippen molar-refractivity contribution in [2.24, 2.45) is 5.92 Å². The Bertz CT molecular complexity index is 303. The van der Waals surface area contributed by atoms with Crippen LogP contribution in [0.3, 0.4) is 0 Å². The van der Waals surface area contributed by atoms with Crippen molar-refractivity contribution >= 4 is 10.0 Å². The van der Waals surface area contributed by atoms with Crippen molar-refractivity contribution in [2.45, 2.75) is 32.9 Å². The molecular weight excluding hydrogens is 200 g/mol. The average Bonchev–Trinajstić information content (AvgIpc) is 2.12. The molecule has 1 unspecified atom stereocenters. The minimum absolute atomic E-state index is 0.274. The van der Waals surface area contributed by atoms with Crippen LogP contribution in [0.4, 0.5) is 0 Å². The topological polar surface area (TPSA) is 61.2 Å². The van der Waals surface area contributed by atoms with Crippen molar-refractivity contribution in [1.29, 1.82) is 5.26 Å². The van der Waals surface area contributed by atoms with Gasteiger partial charge < -0.3 is 0 Å². The van der Waals surface area contributed by atoms with Gasteiger partial charge in [0.2, 0.25) is 10.0 Å². The Morgan fingerprint density at radius 1 is 1.36 bits per heavy atom. The predicted molar refractivity (Wildman–Crippen MR) is 56.1 cm³/mol. The highest BCUT2D eigenvalue weighted by Gasteiger charge is 2.27. The number of rotatable bonds is 5. The van der Waals surface area contributed by atoms with Gasteiger partial charge in [-0.25, -0.2) is 12.7 Å². The molecule has 0 amide bonds. The number of nitrogens with zero attached hydrogens (tertiary/aromatic N) is 2. The molecular formula is C9H18N2O2S. The van der Waals surface area contributed by atoms with Crippen LogP contribution in [-0.4, -0.2) is 31.1 Å². The molecule has 82 valence electrons. The van der Waals surface area contributed by atoms with Gasteiger partial charge >= 0.3 is 0 Å². The van der Waals surface area contributed by atoms with E-state index in [1.165, 1.54) is 11.2 Å². The van der Waals surface area contributed by atoms with Crippen LogP contribution in [0.15, 0.2) is 0 Å². The van der Waals surface area contributed by atoms with Gasteiger partial charge in [-0.15, -0.1) is 0 Å². The van der Waals surface area contributed by atoms with Crippen LogP contribution in [0.25, 0.3) is 0 Å². The van der Waals surface area contributed by atoms with E-state index in [-0.39, 0.29) is 5.92 Å². The van der Waals surface area contributed by atoms with Crippen LogP contribution in [0, 0.1) is 17.2 Å². The Labute approximate surface area is 86.6 Å². The van der Waals surface area contributed by atoms with Gasteiger partial charge in [-0.1, -0.05) is 20.8 Å². The van der Waals surface area contributed by atoms with Crippen molar-refractivity contribution in [2.75, 3.05) is 13.1 Å². The summed E-state index contributed by atoms with van der Waals surface area (Å²) in [6.45, 7) is 8.00. The maximum atomic E-state index is 11.7. The molecule has 0 aromatic heterocycles. The third kappa shape index (κ3) is 3.28. The molecule has 0 aliphatic heterocycles. The first-order valence-corrected chi connectivity index (χ1v) is 6.25. The summed E-state index contributed by atoms with van der Waals surface area (Å²) >= 11 is 0. The van der Waals surface area contributed by atoms with Crippen molar-refractivity contribution in [3.63, 3.8) is 0 Å². The van der Waals surface area contributed by atoms with E-state index in [4.69, 9.17) is 5.26 Å². The van der Waals surface area contributed by atoms with Crippen molar-refractivity contribution in [3.8, 4) is 6.07 Å². The molecule has 0 aromatic rings. The van der Waals surface area contributed by atoms with E-state index < -0.39 is 15.3 Å². The highest BCUT2D eigenvalue weighted by atomic mass is 32.2. The summed E-state index contributed by atoms with van der Waals surface area (Å²) in [6, 6.07) is 1.76. The first kappa shape index (κ1) is 13.4. The van der Waals surface area contributed by atoms with Crippen molar-refractivity contribution in [3.05, 3.63) is 0 Å². The summed E-state index contributed by atoms with van der Waals surface area (Å²) in [4.78, 5) is 0. The SMILES string of the molecule is CCN(CC(C)C)S(=O)(=O)C(C)C#N. The third-order valence-electron chi connectivity index (χ3n) is 1.91. The van der Waals surface area contributed by atoms with Gasteiger partial charge in [-0.3, -0.25) is 0 Å². The molecule has 4 nitrogen and oxygen atoms in total. The smallest absolute Gasteiger partial charge is 0.211 e. The second-order valence-electron chi connectivity index (χ2n) is 3.66. The highest BCUT2D eigenvalue weighted by molar-refractivity contribution is 7.89. The first-order valence-electron chi connectivity index (χ1n) is 4.74. The number of sulfonamides is 1. The van der Waals surface area contributed by atoms with Gasteiger partial charge in [0.1, 0.15) is 0 Å². The zero-order chi connectivity index (χ0) is 11.4. The Hall–Kier alpha value is -0.600. The van der Waals surface area contributed by atoms with Crippen LogP contribution in [-0.2, 0) is 10.0 Å². The Kier molecular flexibility index (Phi) is 5.09. The molecule has 1 atom stereocenters. The van der Waals surface area contributed by atoms with Crippen molar-refractivity contribution < 1.29 is 8.42 Å². The van der Waals surface area contributed by atoms with Crippen LogP contribution >= 0.6 is 0 Å². The first-order chi connectivity index (χ1) is 6.36. The van der Waals surface area contributed by atoms with Gasteiger partial charge in [0.05, 0.1) is 6.07 Å². The summed E-state index contributed by atoms with van der Waals surface area (Å²) in [5.74, 6) is 0.274. The van der Waals surface area contributed by atoms with Crippen LogP contribution < -0.4 is 0 Å². The molecule has 0 saturated carbocycles. The lowest BCUT2D eigenvalue weighted by Gasteiger charge is -2.23. The number of hydrogen-bond acceptors (Lipinski definition) is 3. The largest absolute Gasteiger partial charge is 0.230 e. The molecule has 0 fully saturated rings. The normalized spacial score (nSPS) is 14.4. The fraction of sp³-hybridized carbons (Fsp3) is 0.889. The fourth-order valence-electron chi connectivity index (χ4n) is 1.11. The van der Waals surface area contributed by atoms with E-state index >= 15 is 0 Å². The molecule has 0 radical (unpaired) electrons. The molecule has 0 rings (SSSR count). The maximum absolute atomic E-state index is 11.7. The number of nitriles is 1. The Morgan fingerprint density at radius 3 is 2.14 bits per heavy atom. The molecule has 0 N–H and O–H groups in total. The van der Waals surface area contributed by atoms with Crippen LogP contribution in [0.1, 0.15) is 27.7 Å². The highest BCUT2D eigenvalue weighted by Crippen LogP contribution is 2.10. The summed E-state index contributed by atoms with van der Waals surface area (Å²) in [6.07, 6.45) is 0. The van der Waals surface area contributed by atoms with E-state index in [0.29, 0.717) is 13.1 Å². The van der Waals surface area contributed by atoms with E-state index in [1.807, 2.05) is 13.8 Å². The molecule has 0 heterocycles. The van der Waals surface area contributed by atoms with E-state index in [0.717, 1.165) is 0 Å². The standard InChI is InChI=1S/C9H18N2O2S/c1-5-11(7-8(2)3)14(12,13)9(4)6-10/h8-9H,5,7H2,1-4H3. The summed E-state index contributed by atoms with van der Waals surface area (Å²) in [5, 5.41) is 7.64. The summed E-state index contributed by atoms with van der Waals surface area (Å²) in [7, 11) is -3.42.